The van der Waals surface area contributed by atoms with Gasteiger partial charge in [-0.1, -0.05) is 114 Å². The number of aliphatic imine (C=N–C) groups is 3. The van der Waals surface area contributed by atoms with E-state index < -0.39 is 22.4 Å². The number of piperidine rings is 5. The Hall–Kier alpha value is -12.0. The van der Waals surface area contributed by atoms with Crippen molar-refractivity contribution in [1.82, 2.24) is 54.8 Å². The van der Waals surface area contributed by atoms with E-state index in [1.807, 2.05) is 109 Å². The van der Waals surface area contributed by atoms with Crippen LogP contribution in [-0.2, 0) is 38.2 Å². The number of imidazole rings is 3. The molecule has 5 saturated heterocycles. The molecule has 22 nitrogen and oxygen atoms in total. The van der Waals surface area contributed by atoms with Crippen LogP contribution in [0, 0.1) is 41.4 Å². The summed E-state index contributed by atoms with van der Waals surface area (Å²) in [6, 6.07) is 61.0. The summed E-state index contributed by atoms with van der Waals surface area (Å²) in [6.45, 7) is 22.9. The molecule has 3 aromatic heterocycles. The second-order valence-electron chi connectivity index (χ2n) is 46.2. The number of amides is 4. The van der Waals surface area contributed by atoms with Crippen LogP contribution in [0.25, 0.3) is 99.5 Å². The van der Waals surface area contributed by atoms with Crippen molar-refractivity contribution in [2.24, 2.45) is 56.4 Å². The van der Waals surface area contributed by atoms with Gasteiger partial charge in [-0.25, -0.2) is 34.1 Å². The van der Waals surface area contributed by atoms with Crippen LogP contribution in [-0.4, -0.2) is 162 Å². The average molecular weight is 1880 g/mol. The minimum absolute atomic E-state index is 0.00102. The monoisotopic (exact) mass is 1880 g/mol. The number of hydrogen-bond donors (Lipinski definition) is 4. The quantitative estimate of drug-likeness (QED) is 0.0834. The molecule has 9 aromatic carbocycles. The largest absolute Gasteiger partial charge is 0.444 e. The number of aromatic amines is 3. The van der Waals surface area contributed by atoms with Crippen molar-refractivity contribution in [2.45, 2.75) is 275 Å². The van der Waals surface area contributed by atoms with Gasteiger partial charge in [0.15, 0.2) is 0 Å². The number of H-pyrrole nitrogens is 3. The highest BCUT2D eigenvalue weighted by Crippen LogP contribution is 2.60. The number of carbonyl (C=O) groups excluding carboxylic acids is 4. The van der Waals surface area contributed by atoms with Gasteiger partial charge in [0, 0.05) is 95.3 Å². The molecule has 706 valence electrons. The third-order valence-electron chi connectivity index (χ3n) is 31.6. The van der Waals surface area contributed by atoms with Crippen molar-refractivity contribution in [3.05, 3.63) is 214 Å². The van der Waals surface area contributed by atoms with E-state index >= 15 is 0 Å². The first-order valence-electron chi connectivity index (χ1n) is 50.2. The Morgan fingerprint density at radius 3 is 1.07 bits per heavy atom. The van der Waals surface area contributed by atoms with E-state index in [1.165, 1.54) is 76.4 Å². The summed E-state index contributed by atoms with van der Waals surface area (Å²) in [5.74, 6) is 8.04. The first kappa shape index (κ1) is 87.5. The number of nitrogens with one attached hydrogen (secondary N) is 4. The SMILES string of the molecule is CC(C)(C)OC(=O)N1C(c2nc(-c3ccc4cc(-c5ccc6c(c5)CC([C@@H]5C[C@H]7C[C@H]7N5C(=O)OC(C)(C)C)=N6)ccc4c3)c(Cl)[nH]2)C[C@H]2C[C@H]21.CC(C)(C)OC(=O)N1C(c2ncc(-c3ccc4cc(-c5ccc6c(c5)CC([C@@H]5C[C@H]7C[C@H]7N5C(=O)OC(C)(C)C)=N6)ccc4c3)[nH]2)C[C@H]2C[C@H]21.Clc1[nH]c(C2C[C@@H]3C[C@@H]3C2)nc1-c1ccc2cc(-c3ccc4c(c3)CC([C@@H]3C[C@H]5C[C@H]5N3)=N4)ccc2c1. The molecule has 138 heavy (non-hydrogen) atoms. The van der Waals surface area contributed by atoms with Gasteiger partial charge in [-0.3, -0.25) is 34.6 Å². The first-order chi connectivity index (χ1) is 66.1. The lowest BCUT2D eigenvalue weighted by Gasteiger charge is -2.30. The zero-order chi connectivity index (χ0) is 94.5. The summed E-state index contributed by atoms with van der Waals surface area (Å²) >= 11 is 13.4. The minimum Gasteiger partial charge on any atom is -0.444 e. The lowest BCUT2D eigenvalue weighted by atomic mass is 9.96. The maximum Gasteiger partial charge on any atom is 0.411 e. The zero-order valence-corrected chi connectivity index (χ0v) is 81.9. The summed E-state index contributed by atoms with van der Waals surface area (Å²) in [5, 5.41) is 11.8. The third-order valence-corrected chi connectivity index (χ3v) is 32.2. The Kier molecular flexibility index (Phi) is 20.5. The third kappa shape index (κ3) is 16.8. The lowest BCUT2D eigenvalue weighted by molar-refractivity contribution is 0.0164. The van der Waals surface area contributed by atoms with E-state index in [2.05, 4.69) is 184 Å². The molecule has 4 N–H and O–H groups in total. The molecule has 11 heterocycles. The van der Waals surface area contributed by atoms with Crippen LogP contribution in [0.15, 0.2) is 185 Å². The van der Waals surface area contributed by atoms with Crippen molar-refractivity contribution in [3.63, 3.8) is 0 Å². The predicted molar refractivity (Wildman–Crippen MR) is 542 cm³/mol. The number of benzene rings is 9. The summed E-state index contributed by atoms with van der Waals surface area (Å²) in [6.07, 6.45) is 17.9. The van der Waals surface area contributed by atoms with Crippen LogP contribution in [0.2, 0.25) is 10.3 Å². The predicted octanol–water partition coefficient (Wildman–Crippen LogP) is 26.1. The maximum absolute atomic E-state index is 13.2. The Balaban J connectivity index is 0.000000111. The number of rotatable bonds is 12. The summed E-state index contributed by atoms with van der Waals surface area (Å²) in [4.78, 5) is 100. The average Bonchev–Trinajstić information content (AvgIpc) is 1.58. The Bertz CT molecular complexity index is 7180. The summed E-state index contributed by atoms with van der Waals surface area (Å²) < 4.78 is 23.1. The van der Waals surface area contributed by atoms with Crippen LogP contribution in [0.5, 0.6) is 0 Å². The molecular formula is C114H118Cl2N14O8. The molecule has 3 unspecified atom stereocenters. The fraction of sp³-hybridized carbons (Fsp3) is 0.439. The highest BCUT2D eigenvalue weighted by atomic mass is 35.5. The molecule has 0 radical (unpaired) electrons. The number of ether oxygens (including phenoxy) is 4. The second-order valence-corrected chi connectivity index (χ2v) is 47.0. The Labute approximate surface area is 814 Å². The van der Waals surface area contributed by atoms with Crippen LogP contribution in [0.1, 0.15) is 219 Å². The van der Waals surface area contributed by atoms with Gasteiger partial charge < -0.3 is 39.2 Å². The number of likely N-dealkylation sites (tertiary alicyclic amines) is 4. The van der Waals surface area contributed by atoms with Crippen molar-refractivity contribution in [2.75, 3.05) is 0 Å². The van der Waals surface area contributed by atoms with Gasteiger partial charge in [-0.15, -0.1) is 0 Å². The summed E-state index contributed by atoms with van der Waals surface area (Å²) in [7, 11) is 0. The summed E-state index contributed by atoms with van der Waals surface area (Å²) in [5.41, 5.74) is 20.9. The number of aromatic nitrogens is 6. The number of halogens is 2. The van der Waals surface area contributed by atoms with Crippen LogP contribution in [0.4, 0.5) is 36.2 Å². The van der Waals surface area contributed by atoms with Crippen LogP contribution < -0.4 is 5.32 Å². The molecule has 0 spiro atoms. The Morgan fingerprint density at radius 1 is 0.326 bits per heavy atom. The normalized spacial score (nSPS) is 27.5. The maximum atomic E-state index is 13.2. The van der Waals surface area contributed by atoms with E-state index in [4.69, 9.17) is 72.1 Å². The fourth-order valence-electron chi connectivity index (χ4n) is 24.4. The van der Waals surface area contributed by atoms with E-state index in [9.17, 15) is 19.2 Å². The van der Waals surface area contributed by atoms with E-state index in [-0.39, 0.29) is 72.7 Å². The molecule has 15 aliphatic rings. The van der Waals surface area contributed by atoms with E-state index in [1.54, 1.807) is 0 Å². The van der Waals surface area contributed by atoms with Crippen molar-refractivity contribution in [3.8, 4) is 67.2 Å². The van der Waals surface area contributed by atoms with E-state index in [0.29, 0.717) is 57.5 Å². The first-order valence-corrected chi connectivity index (χ1v) is 51.0. The van der Waals surface area contributed by atoms with Crippen molar-refractivity contribution < 1.29 is 38.1 Å². The zero-order valence-electron chi connectivity index (χ0n) is 80.4. The smallest absolute Gasteiger partial charge is 0.411 e. The van der Waals surface area contributed by atoms with Crippen molar-refractivity contribution in [1.29, 1.82) is 0 Å². The molecule has 12 aromatic rings. The lowest BCUT2D eigenvalue weighted by Crippen LogP contribution is -2.45. The van der Waals surface area contributed by atoms with Gasteiger partial charge in [0.25, 0.3) is 0 Å². The molecule has 7 aliphatic carbocycles. The highest BCUT2D eigenvalue weighted by molar-refractivity contribution is 6.32. The van der Waals surface area contributed by atoms with E-state index in [0.717, 1.165) is 206 Å². The van der Waals surface area contributed by atoms with Gasteiger partial charge in [0.2, 0.25) is 0 Å². The standard InChI is InChI=1S/C41H44ClN5O4.C41H45N5O4.C32H29ClN4/c1-40(2,3)50-38(48)46-31-17-27(31)19-33(46)30-16-26-15-24(11-12-29(26)43-30)21-7-8-23-14-25(10-9-22(23)13-21)35-36(42)45-37(44-35)34-20-28-18-32(28)47(34)39(49)51-41(4,5)6;1-40(2,3)49-38(47)45-33-17-28(33)19-35(45)31-16-27-15-25(11-12-30(27)43-31)22-7-8-24-14-26(10-9-23(24)13-22)32-21-42-37(44-32)36-20-29-18-34(29)46(36)39(48)50-41(4,5)6;33-31-30(36-32(37-31)25-11-21-10-22(21)12-25)20-4-3-17-7-16(1-2-18(17)8-20)19-5-6-26-23(9-19)14-28(34-26)29-15-24-13-27(24)35-29/h7-15,27-28,31-34H,16-20H2,1-6H3,(H,44,45);7-15,21,28-29,33-36H,16-20H2,1-6H3,(H,42,44);1-9,21-22,24-25,27,29,35H,10-15H2,(H,36,37)/t27-,28-,31-,32-,33+,34?;28-,29-,33-,34-,35+,36?;21-,22+,24-,25?,27-,29+/m111/s1. The molecule has 27 rings (SSSR count). The highest BCUT2D eigenvalue weighted by Gasteiger charge is 2.61. The molecule has 8 aliphatic heterocycles. The second kappa shape index (κ2) is 32.3. The van der Waals surface area contributed by atoms with Crippen LogP contribution in [0.3, 0.4) is 0 Å². The number of fused-ring (bicyclic) bond motifs is 12. The molecular weight excluding hydrogens is 1760 g/mol. The molecule has 7 saturated carbocycles. The number of carbonyl (C=O) groups is 4. The van der Waals surface area contributed by atoms with Crippen LogP contribution >= 0.6 is 23.2 Å². The fourth-order valence-corrected chi connectivity index (χ4v) is 24.9. The molecule has 12 fully saturated rings. The van der Waals surface area contributed by atoms with Gasteiger partial charge in [0.1, 0.15) is 61.6 Å². The molecule has 18 atom stereocenters. The van der Waals surface area contributed by atoms with Gasteiger partial charge in [0.05, 0.1) is 53.1 Å². The minimum atomic E-state index is -0.563. The van der Waals surface area contributed by atoms with Gasteiger partial charge >= 0.3 is 24.4 Å². The topological polar surface area (TPSA) is 253 Å². The van der Waals surface area contributed by atoms with Gasteiger partial charge in [-0.05, 0) is 363 Å². The Morgan fingerprint density at radius 2 is 0.659 bits per heavy atom. The van der Waals surface area contributed by atoms with Gasteiger partial charge in [-0.2, -0.15) is 0 Å². The molecule has 0 bridgehead atoms. The number of nitrogens with zero attached hydrogens (tertiary/aromatic N) is 10. The number of hydrogen-bond acceptors (Lipinski definition) is 15. The molecule has 4 amide bonds. The molecule has 24 heteroatoms. The van der Waals surface area contributed by atoms with Crippen molar-refractivity contribution >= 4 is 114 Å².